The van der Waals surface area contributed by atoms with E-state index in [1.807, 2.05) is 42.5 Å². The van der Waals surface area contributed by atoms with Crippen LogP contribution in [-0.2, 0) is 4.79 Å². The summed E-state index contributed by atoms with van der Waals surface area (Å²) < 4.78 is 18.3. The Morgan fingerprint density at radius 2 is 1.69 bits per heavy atom. The van der Waals surface area contributed by atoms with Gasteiger partial charge in [-0.3, -0.25) is 4.79 Å². The number of fused-ring (bicyclic) bond motifs is 1. The van der Waals surface area contributed by atoms with E-state index in [1.165, 1.54) is 6.33 Å². The van der Waals surface area contributed by atoms with Crippen molar-refractivity contribution in [2.24, 2.45) is 0 Å². The number of nitrogens with zero attached hydrogens (tertiary/aromatic N) is 3. The molecule has 0 bridgehead atoms. The highest BCUT2D eigenvalue weighted by atomic mass is 16.5. The lowest BCUT2D eigenvalue weighted by atomic mass is 9.78. The van der Waals surface area contributed by atoms with Gasteiger partial charge in [0.1, 0.15) is 12.4 Å². The number of methoxy groups -OCH3 is 3. The van der Waals surface area contributed by atoms with Crippen molar-refractivity contribution in [2.45, 2.75) is 24.8 Å². The van der Waals surface area contributed by atoms with Crippen LogP contribution in [0.5, 0.6) is 17.2 Å². The molecule has 1 N–H and O–H groups in total. The van der Waals surface area contributed by atoms with Crippen molar-refractivity contribution in [3.63, 3.8) is 0 Å². The van der Waals surface area contributed by atoms with Gasteiger partial charge in [0.2, 0.25) is 11.7 Å². The number of hydrogen-bond acceptors (Lipinski definition) is 7. The molecule has 2 aromatic carbocycles. The Morgan fingerprint density at radius 3 is 2.34 bits per heavy atom. The molecular formula is C24H24N4O4. The molecule has 1 aliphatic heterocycles. The number of Topliss-reactive ketones (excluding diaryl/α,β-unsaturated/α-hetero) is 1. The van der Waals surface area contributed by atoms with Gasteiger partial charge < -0.3 is 19.5 Å². The Labute approximate surface area is 185 Å². The van der Waals surface area contributed by atoms with Crippen LogP contribution < -0.4 is 19.5 Å². The zero-order valence-electron chi connectivity index (χ0n) is 18.2. The van der Waals surface area contributed by atoms with Crippen LogP contribution in [0.15, 0.2) is 60.1 Å². The summed E-state index contributed by atoms with van der Waals surface area (Å²) in [4.78, 5) is 17.9. The summed E-state index contributed by atoms with van der Waals surface area (Å²) in [5, 5.41) is 7.74. The van der Waals surface area contributed by atoms with Crippen LogP contribution in [0.25, 0.3) is 0 Å². The third kappa shape index (κ3) is 3.19. The Kier molecular flexibility index (Phi) is 5.05. The first-order valence-electron chi connectivity index (χ1n) is 10.4. The summed E-state index contributed by atoms with van der Waals surface area (Å²) >= 11 is 0. The second-order valence-electron chi connectivity index (χ2n) is 7.85. The van der Waals surface area contributed by atoms with Gasteiger partial charge in [0.15, 0.2) is 17.3 Å². The SMILES string of the molecule is COc1cc([C@H]2CC(=O)C3=C(C2)Nc2ncnn2[C@@H]3c2ccccc2)cc(OC)c1OC. The van der Waals surface area contributed by atoms with Gasteiger partial charge in [-0.2, -0.15) is 10.1 Å². The minimum absolute atomic E-state index is 0.0339. The molecule has 8 nitrogen and oxygen atoms in total. The largest absolute Gasteiger partial charge is 0.493 e. The van der Waals surface area contributed by atoms with Crippen LogP contribution in [0.2, 0.25) is 0 Å². The molecule has 0 unspecified atom stereocenters. The van der Waals surface area contributed by atoms with E-state index in [4.69, 9.17) is 14.2 Å². The molecule has 0 radical (unpaired) electrons. The van der Waals surface area contributed by atoms with Gasteiger partial charge in [0, 0.05) is 17.7 Å². The van der Waals surface area contributed by atoms with E-state index in [2.05, 4.69) is 15.4 Å². The van der Waals surface area contributed by atoms with Crippen molar-refractivity contribution in [3.05, 3.63) is 71.2 Å². The van der Waals surface area contributed by atoms with Crippen LogP contribution in [0.4, 0.5) is 5.95 Å². The molecule has 164 valence electrons. The fourth-order valence-corrected chi connectivity index (χ4v) is 4.67. The molecule has 8 heteroatoms. The van der Waals surface area contributed by atoms with E-state index in [-0.39, 0.29) is 17.7 Å². The highest BCUT2D eigenvalue weighted by Gasteiger charge is 2.39. The maximum Gasteiger partial charge on any atom is 0.226 e. The first-order valence-corrected chi connectivity index (χ1v) is 10.4. The molecule has 2 heterocycles. The summed E-state index contributed by atoms with van der Waals surface area (Å²) in [5.74, 6) is 2.38. The number of hydrogen-bond donors (Lipinski definition) is 1. The molecule has 0 saturated heterocycles. The van der Waals surface area contributed by atoms with Crippen molar-refractivity contribution in [1.82, 2.24) is 14.8 Å². The van der Waals surface area contributed by atoms with Crippen molar-refractivity contribution in [1.29, 1.82) is 0 Å². The number of nitrogens with one attached hydrogen (secondary N) is 1. The Hall–Kier alpha value is -3.81. The maximum atomic E-state index is 13.5. The number of allylic oxidation sites excluding steroid dienone is 2. The topological polar surface area (TPSA) is 87.5 Å². The smallest absolute Gasteiger partial charge is 0.226 e. The van der Waals surface area contributed by atoms with Gasteiger partial charge in [0.25, 0.3) is 0 Å². The zero-order chi connectivity index (χ0) is 22.2. The first kappa shape index (κ1) is 20.1. The van der Waals surface area contributed by atoms with Gasteiger partial charge in [-0.15, -0.1) is 0 Å². The molecule has 0 spiro atoms. The maximum absolute atomic E-state index is 13.5. The van der Waals surface area contributed by atoms with Crippen LogP contribution in [0, 0.1) is 0 Å². The van der Waals surface area contributed by atoms with E-state index in [0.717, 1.165) is 22.4 Å². The van der Waals surface area contributed by atoms with Crippen molar-refractivity contribution < 1.29 is 19.0 Å². The number of ketones is 1. The van der Waals surface area contributed by atoms with E-state index < -0.39 is 0 Å². The monoisotopic (exact) mass is 432 g/mol. The van der Waals surface area contributed by atoms with Crippen molar-refractivity contribution >= 4 is 11.7 Å². The number of benzene rings is 2. The summed E-state index contributed by atoms with van der Waals surface area (Å²) in [7, 11) is 4.76. The molecule has 0 saturated carbocycles. The summed E-state index contributed by atoms with van der Waals surface area (Å²) in [5.41, 5.74) is 3.60. The molecule has 0 amide bonds. The highest BCUT2D eigenvalue weighted by molar-refractivity contribution is 6.00. The third-order valence-corrected chi connectivity index (χ3v) is 6.14. The molecule has 1 aliphatic carbocycles. The average molecular weight is 432 g/mol. The van der Waals surface area contributed by atoms with Crippen LogP contribution in [-0.4, -0.2) is 41.9 Å². The molecule has 1 aromatic heterocycles. The molecule has 2 aliphatic rings. The summed E-state index contributed by atoms with van der Waals surface area (Å²) in [6, 6.07) is 13.5. The molecule has 5 rings (SSSR count). The normalized spacial score (nSPS) is 19.7. The number of carbonyl (C=O) groups is 1. The van der Waals surface area contributed by atoms with E-state index in [1.54, 1.807) is 26.0 Å². The standard InChI is InChI=1S/C24H24N4O4/c1-30-19-11-16(12-20(31-2)23(19)32-3)15-9-17-21(18(29)10-15)22(14-7-5-4-6-8-14)28-24(27-17)25-13-26-28/h4-8,11-13,15,22H,9-10H2,1-3H3,(H,25,26,27)/t15-,22-/m1/s1. The zero-order valence-corrected chi connectivity index (χ0v) is 18.2. The van der Waals surface area contributed by atoms with E-state index >= 15 is 0 Å². The number of ether oxygens (including phenoxy) is 3. The Bertz CT molecular complexity index is 1180. The fraction of sp³-hybridized carbons (Fsp3) is 0.292. The molecule has 32 heavy (non-hydrogen) atoms. The third-order valence-electron chi connectivity index (χ3n) is 6.14. The minimum atomic E-state index is -0.293. The lowest BCUT2D eigenvalue weighted by Crippen LogP contribution is -2.33. The van der Waals surface area contributed by atoms with Crippen LogP contribution >= 0.6 is 0 Å². The Morgan fingerprint density at radius 1 is 0.969 bits per heavy atom. The van der Waals surface area contributed by atoms with Crippen LogP contribution in [0.3, 0.4) is 0 Å². The lowest BCUT2D eigenvalue weighted by molar-refractivity contribution is -0.116. The molecular weight excluding hydrogens is 408 g/mol. The lowest BCUT2D eigenvalue weighted by Gasteiger charge is -2.35. The van der Waals surface area contributed by atoms with Crippen LogP contribution in [0.1, 0.15) is 35.9 Å². The molecule has 2 atom stereocenters. The highest BCUT2D eigenvalue weighted by Crippen LogP contribution is 2.46. The molecule has 0 fully saturated rings. The van der Waals surface area contributed by atoms with Gasteiger partial charge in [-0.1, -0.05) is 30.3 Å². The average Bonchev–Trinajstić information content (AvgIpc) is 3.30. The second kappa shape index (κ2) is 8.03. The van der Waals surface area contributed by atoms with Crippen molar-refractivity contribution in [2.75, 3.05) is 26.6 Å². The number of rotatable bonds is 5. The quantitative estimate of drug-likeness (QED) is 0.657. The number of aromatic nitrogens is 3. The Balaban J connectivity index is 1.57. The predicted octanol–water partition coefficient (Wildman–Crippen LogP) is 3.72. The predicted molar refractivity (Wildman–Crippen MR) is 118 cm³/mol. The van der Waals surface area contributed by atoms with E-state index in [0.29, 0.717) is 36.0 Å². The summed E-state index contributed by atoms with van der Waals surface area (Å²) in [6.07, 6.45) is 2.56. The second-order valence-corrected chi connectivity index (χ2v) is 7.85. The van der Waals surface area contributed by atoms with E-state index in [9.17, 15) is 4.79 Å². The van der Waals surface area contributed by atoms with Crippen molar-refractivity contribution in [3.8, 4) is 17.2 Å². The summed E-state index contributed by atoms with van der Waals surface area (Å²) in [6.45, 7) is 0. The first-order chi connectivity index (χ1) is 15.6. The number of anilines is 1. The number of carbonyl (C=O) groups excluding carboxylic acids is 1. The van der Waals surface area contributed by atoms with Gasteiger partial charge in [-0.05, 0) is 35.6 Å². The van der Waals surface area contributed by atoms with Gasteiger partial charge in [-0.25, -0.2) is 4.68 Å². The van der Waals surface area contributed by atoms with Gasteiger partial charge >= 0.3 is 0 Å². The minimum Gasteiger partial charge on any atom is -0.493 e. The fourth-order valence-electron chi connectivity index (χ4n) is 4.67. The molecule has 3 aromatic rings. The van der Waals surface area contributed by atoms with Gasteiger partial charge in [0.05, 0.1) is 21.3 Å².